The highest BCUT2D eigenvalue weighted by atomic mass is 31.2. The molecule has 0 spiro atoms. The van der Waals surface area contributed by atoms with Crippen molar-refractivity contribution in [1.29, 1.82) is 0 Å². The van der Waals surface area contributed by atoms with E-state index in [1.807, 2.05) is 18.2 Å². The topological polar surface area (TPSA) is 54.0 Å². The van der Waals surface area contributed by atoms with Crippen LogP contribution in [0.5, 0.6) is 17.2 Å². The molecule has 0 N–H and O–H groups in total. The van der Waals surface area contributed by atoms with E-state index in [2.05, 4.69) is 6.58 Å². The maximum absolute atomic E-state index is 13.4. The first-order valence-electron chi connectivity index (χ1n) is 8.21. The van der Waals surface area contributed by atoms with Gasteiger partial charge in [0.15, 0.2) is 0 Å². The van der Waals surface area contributed by atoms with Crippen LogP contribution in [0.3, 0.4) is 0 Å². The molecule has 0 radical (unpaired) electrons. The van der Waals surface area contributed by atoms with Crippen LogP contribution in [0.4, 0.5) is 0 Å². The SMILES string of the molecule is C=C(OP(=O)(Oc1ccccc1)Oc1ccccc1)c1ccccc1OC. The van der Waals surface area contributed by atoms with Gasteiger partial charge >= 0.3 is 7.82 Å². The van der Waals surface area contributed by atoms with Crippen molar-refractivity contribution in [2.24, 2.45) is 0 Å². The van der Waals surface area contributed by atoms with E-state index in [1.165, 1.54) is 7.11 Å². The number of rotatable bonds is 8. The van der Waals surface area contributed by atoms with E-state index in [4.69, 9.17) is 18.3 Å². The Morgan fingerprint density at radius 1 is 0.778 bits per heavy atom. The average molecular weight is 382 g/mol. The van der Waals surface area contributed by atoms with Crippen molar-refractivity contribution in [2.75, 3.05) is 7.11 Å². The largest absolute Gasteiger partial charge is 0.647 e. The van der Waals surface area contributed by atoms with Crippen molar-refractivity contribution < 1.29 is 22.9 Å². The molecule has 27 heavy (non-hydrogen) atoms. The fourth-order valence-corrected chi connectivity index (χ4v) is 3.58. The van der Waals surface area contributed by atoms with Crippen LogP contribution in [0, 0.1) is 0 Å². The summed E-state index contributed by atoms with van der Waals surface area (Å²) < 4.78 is 35.4. The Hall–Kier alpha value is -3.17. The zero-order valence-electron chi connectivity index (χ0n) is 14.8. The van der Waals surface area contributed by atoms with E-state index in [1.54, 1.807) is 66.7 Å². The van der Waals surface area contributed by atoms with Gasteiger partial charge in [-0.3, -0.25) is 0 Å². The molecule has 0 amide bonds. The third-order valence-corrected chi connectivity index (χ3v) is 4.86. The Labute approximate surface area is 158 Å². The number of phosphoric ester groups is 1. The van der Waals surface area contributed by atoms with Gasteiger partial charge in [-0.15, -0.1) is 0 Å². The first-order valence-corrected chi connectivity index (χ1v) is 9.67. The molecule has 3 rings (SSSR count). The summed E-state index contributed by atoms with van der Waals surface area (Å²) >= 11 is 0. The second-order valence-corrected chi connectivity index (χ2v) is 6.91. The molecule has 0 aliphatic rings. The molecule has 6 heteroatoms. The van der Waals surface area contributed by atoms with Gasteiger partial charge in [0.1, 0.15) is 23.0 Å². The first-order chi connectivity index (χ1) is 13.1. The van der Waals surface area contributed by atoms with E-state index in [9.17, 15) is 4.57 Å². The summed E-state index contributed by atoms with van der Waals surface area (Å²) in [4.78, 5) is 0. The van der Waals surface area contributed by atoms with Crippen molar-refractivity contribution in [3.8, 4) is 17.2 Å². The Balaban J connectivity index is 1.89. The molecule has 3 aromatic carbocycles. The molecule has 0 atom stereocenters. The van der Waals surface area contributed by atoms with E-state index >= 15 is 0 Å². The zero-order chi connectivity index (χ0) is 19.1. The molecule has 3 aromatic rings. The van der Waals surface area contributed by atoms with Crippen molar-refractivity contribution in [3.63, 3.8) is 0 Å². The Morgan fingerprint density at radius 2 is 1.26 bits per heavy atom. The van der Waals surface area contributed by atoms with Crippen molar-refractivity contribution in [3.05, 3.63) is 97.1 Å². The first kappa shape index (κ1) is 18.6. The lowest BCUT2D eigenvalue weighted by Crippen LogP contribution is -2.05. The molecule has 0 aliphatic heterocycles. The van der Waals surface area contributed by atoms with Crippen LogP contribution in [-0.4, -0.2) is 7.11 Å². The molecule has 0 aliphatic carbocycles. The quantitative estimate of drug-likeness (QED) is 0.356. The molecule has 0 saturated heterocycles. The van der Waals surface area contributed by atoms with Gasteiger partial charge in [-0.25, -0.2) is 0 Å². The number of benzene rings is 3. The molecule has 0 saturated carbocycles. The lowest BCUT2D eigenvalue weighted by Gasteiger charge is -2.21. The van der Waals surface area contributed by atoms with Gasteiger partial charge in [-0.05, 0) is 36.4 Å². The molecule has 5 nitrogen and oxygen atoms in total. The molecule has 0 bridgehead atoms. The van der Waals surface area contributed by atoms with Crippen LogP contribution in [0.25, 0.3) is 5.76 Å². The van der Waals surface area contributed by atoms with Gasteiger partial charge in [-0.2, -0.15) is 4.57 Å². The number of para-hydroxylation sites is 3. The Morgan fingerprint density at radius 3 is 1.78 bits per heavy atom. The summed E-state index contributed by atoms with van der Waals surface area (Å²) in [5, 5.41) is 0. The maximum Gasteiger partial charge on any atom is 0.647 e. The summed E-state index contributed by atoms with van der Waals surface area (Å²) in [6.45, 7) is 3.87. The van der Waals surface area contributed by atoms with Gasteiger partial charge < -0.3 is 18.3 Å². The molecule has 0 unspecified atom stereocenters. The van der Waals surface area contributed by atoms with Crippen molar-refractivity contribution in [2.45, 2.75) is 0 Å². The molecular weight excluding hydrogens is 363 g/mol. The van der Waals surface area contributed by atoms with Crippen LogP contribution >= 0.6 is 7.82 Å². The third-order valence-electron chi connectivity index (χ3n) is 3.55. The monoisotopic (exact) mass is 382 g/mol. The molecule has 0 heterocycles. The van der Waals surface area contributed by atoms with Crippen LogP contribution < -0.4 is 13.8 Å². The third kappa shape index (κ3) is 4.93. The smallest absolute Gasteiger partial charge is 0.496 e. The highest BCUT2D eigenvalue weighted by Crippen LogP contribution is 2.53. The highest BCUT2D eigenvalue weighted by Gasteiger charge is 2.34. The number of methoxy groups -OCH3 is 1. The van der Waals surface area contributed by atoms with Gasteiger partial charge in [0.05, 0.1) is 12.7 Å². The number of hydrogen-bond acceptors (Lipinski definition) is 5. The normalized spacial score (nSPS) is 10.7. The van der Waals surface area contributed by atoms with Gasteiger partial charge in [0.25, 0.3) is 0 Å². The lowest BCUT2D eigenvalue weighted by atomic mass is 10.2. The van der Waals surface area contributed by atoms with Crippen LogP contribution in [0.1, 0.15) is 5.56 Å². The summed E-state index contributed by atoms with van der Waals surface area (Å²) in [5.74, 6) is 1.35. The Bertz CT molecular complexity index is 896. The predicted molar refractivity (Wildman–Crippen MR) is 105 cm³/mol. The van der Waals surface area contributed by atoms with Gasteiger partial charge in [-0.1, -0.05) is 55.1 Å². The number of hydrogen-bond donors (Lipinski definition) is 0. The van der Waals surface area contributed by atoms with Crippen molar-refractivity contribution in [1.82, 2.24) is 0 Å². The van der Waals surface area contributed by atoms with Crippen molar-refractivity contribution >= 4 is 13.6 Å². The van der Waals surface area contributed by atoms with E-state index in [0.29, 0.717) is 22.8 Å². The highest BCUT2D eigenvalue weighted by molar-refractivity contribution is 7.49. The second-order valence-electron chi connectivity index (χ2n) is 5.47. The summed E-state index contributed by atoms with van der Waals surface area (Å²) in [7, 11) is -2.54. The lowest BCUT2D eigenvalue weighted by molar-refractivity contribution is 0.284. The van der Waals surface area contributed by atoms with Crippen LogP contribution in [0.15, 0.2) is 91.5 Å². The zero-order valence-corrected chi connectivity index (χ0v) is 15.7. The second kappa shape index (κ2) is 8.47. The van der Waals surface area contributed by atoms with Crippen LogP contribution in [-0.2, 0) is 9.09 Å². The van der Waals surface area contributed by atoms with Gasteiger partial charge in [0.2, 0.25) is 0 Å². The van der Waals surface area contributed by atoms with E-state index < -0.39 is 7.82 Å². The summed E-state index contributed by atoms with van der Waals surface area (Å²) in [5.41, 5.74) is 0.550. The minimum absolute atomic E-state index is 0.114. The standard InChI is InChI=1S/C21H19O5P/c1-17(20-15-9-10-16-21(20)23-2)24-27(22,25-18-11-5-3-6-12-18)26-19-13-7-4-8-14-19/h3-16H,1H2,2H3. The fraction of sp³-hybridized carbons (Fsp3) is 0.0476. The van der Waals surface area contributed by atoms with Crippen LogP contribution in [0.2, 0.25) is 0 Å². The Kier molecular flexibility index (Phi) is 5.84. The van der Waals surface area contributed by atoms with E-state index in [0.717, 1.165) is 0 Å². The fourth-order valence-electron chi connectivity index (χ4n) is 2.34. The van der Waals surface area contributed by atoms with E-state index in [-0.39, 0.29) is 5.76 Å². The molecular formula is C21H19O5P. The number of ether oxygens (including phenoxy) is 1. The molecule has 0 aromatic heterocycles. The predicted octanol–water partition coefficient (Wildman–Crippen LogP) is 5.95. The summed E-state index contributed by atoms with van der Waals surface area (Å²) in [6, 6.07) is 24.5. The maximum atomic E-state index is 13.4. The summed E-state index contributed by atoms with van der Waals surface area (Å²) in [6.07, 6.45) is 0. The minimum atomic E-state index is -4.07. The van der Waals surface area contributed by atoms with Gasteiger partial charge in [0, 0.05) is 0 Å². The average Bonchev–Trinajstić information content (AvgIpc) is 2.69. The minimum Gasteiger partial charge on any atom is -0.496 e. The molecule has 138 valence electrons. The molecule has 0 fully saturated rings. The number of phosphoric acid groups is 1.